The average Bonchev–Trinajstić information content (AvgIpc) is 3.03. The van der Waals surface area contributed by atoms with Crippen LogP contribution in [0.2, 0.25) is 0 Å². The number of carbonyl (C=O) groups is 1. The van der Waals surface area contributed by atoms with Gasteiger partial charge in [0.25, 0.3) is 0 Å². The third kappa shape index (κ3) is 3.15. The Morgan fingerprint density at radius 1 is 1.06 bits per heavy atom. The molecule has 0 spiro atoms. The third-order valence-electron chi connectivity index (χ3n) is 10.00. The number of allylic oxidation sites excluding steroid dienone is 2. The van der Waals surface area contributed by atoms with E-state index in [4.69, 9.17) is 0 Å². The van der Waals surface area contributed by atoms with Crippen molar-refractivity contribution in [2.24, 2.45) is 34.5 Å². The van der Waals surface area contributed by atoms with E-state index >= 15 is 0 Å². The molecule has 174 valence electrons. The van der Waals surface area contributed by atoms with Crippen molar-refractivity contribution in [3.8, 4) is 0 Å². The zero-order valence-corrected chi connectivity index (χ0v) is 20.0. The lowest BCUT2D eigenvalue weighted by atomic mass is 9.43. The topological polar surface area (TPSA) is 77.8 Å². The maximum Gasteiger partial charge on any atom is 0.188 e. The lowest BCUT2D eigenvalue weighted by Crippen LogP contribution is -2.71. The summed E-state index contributed by atoms with van der Waals surface area (Å²) in [5.41, 5.74) is -2.87. The highest BCUT2D eigenvalue weighted by Gasteiger charge is 2.71. The first kappa shape index (κ1) is 23.2. The van der Waals surface area contributed by atoms with Gasteiger partial charge in [0, 0.05) is 11.8 Å². The molecule has 0 bridgehead atoms. The summed E-state index contributed by atoms with van der Waals surface area (Å²) in [4.78, 5) is 13.3. The number of aliphatic hydroxyl groups excluding tert-OH is 1. The van der Waals surface area contributed by atoms with Crippen LogP contribution in [0.25, 0.3) is 0 Å². The van der Waals surface area contributed by atoms with E-state index in [9.17, 15) is 20.1 Å². The number of rotatable bonds is 4. The molecule has 31 heavy (non-hydrogen) atoms. The monoisotopic (exact) mass is 430 g/mol. The van der Waals surface area contributed by atoms with E-state index in [1.54, 1.807) is 6.08 Å². The van der Waals surface area contributed by atoms with E-state index in [-0.39, 0.29) is 23.5 Å². The molecule has 4 aliphatic rings. The molecule has 0 radical (unpaired) electrons. The van der Waals surface area contributed by atoms with Gasteiger partial charge in [0.15, 0.2) is 5.78 Å². The molecule has 0 amide bonds. The second-order valence-electron chi connectivity index (χ2n) is 12.1. The molecule has 0 aromatic carbocycles. The number of hydrogen-bond donors (Lipinski definition) is 3. The largest absolute Gasteiger partial charge is 0.393 e. The minimum Gasteiger partial charge on any atom is -0.393 e. The van der Waals surface area contributed by atoms with Crippen LogP contribution < -0.4 is 0 Å². The molecule has 0 aromatic rings. The van der Waals surface area contributed by atoms with E-state index in [1.807, 2.05) is 6.92 Å². The summed E-state index contributed by atoms with van der Waals surface area (Å²) >= 11 is 0. The Morgan fingerprint density at radius 2 is 1.77 bits per heavy atom. The number of fused-ring (bicyclic) bond motifs is 5. The molecule has 4 aliphatic carbocycles. The predicted molar refractivity (Wildman–Crippen MR) is 122 cm³/mol. The Morgan fingerprint density at radius 3 is 2.45 bits per heavy atom. The van der Waals surface area contributed by atoms with E-state index in [0.717, 1.165) is 31.3 Å². The van der Waals surface area contributed by atoms with Crippen molar-refractivity contribution in [1.82, 2.24) is 0 Å². The maximum absolute atomic E-state index is 13.3. The zero-order chi connectivity index (χ0) is 22.8. The first-order valence-electron chi connectivity index (χ1n) is 12.4. The first-order chi connectivity index (χ1) is 14.4. The van der Waals surface area contributed by atoms with Gasteiger partial charge in [0.2, 0.25) is 0 Å². The Kier molecular flexibility index (Phi) is 5.64. The molecular formula is C27H42O4. The van der Waals surface area contributed by atoms with E-state index in [0.29, 0.717) is 37.0 Å². The van der Waals surface area contributed by atoms with Gasteiger partial charge in [-0.2, -0.15) is 0 Å². The van der Waals surface area contributed by atoms with Crippen LogP contribution in [0, 0.1) is 34.5 Å². The molecule has 3 fully saturated rings. The van der Waals surface area contributed by atoms with Crippen LogP contribution in [0.1, 0.15) is 86.0 Å². The van der Waals surface area contributed by atoms with Crippen molar-refractivity contribution in [1.29, 1.82) is 0 Å². The fraction of sp³-hybridized carbons (Fsp3) is 0.815. The molecule has 0 heterocycles. The van der Waals surface area contributed by atoms with Gasteiger partial charge in [0.1, 0.15) is 5.60 Å². The fourth-order valence-electron chi connectivity index (χ4n) is 7.91. The van der Waals surface area contributed by atoms with Gasteiger partial charge in [-0.05, 0) is 85.7 Å². The van der Waals surface area contributed by atoms with Gasteiger partial charge in [-0.3, -0.25) is 4.79 Å². The number of carbonyl (C=O) groups excluding carboxylic acids is 1. The highest BCUT2D eigenvalue weighted by Crippen LogP contribution is 2.68. The summed E-state index contributed by atoms with van der Waals surface area (Å²) in [5.74, 6) is 1.52. The lowest BCUT2D eigenvalue weighted by molar-refractivity contribution is -0.223. The molecule has 3 N–H and O–H groups in total. The van der Waals surface area contributed by atoms with Crippen molar-refractivity contribution < 1.29 is 20.1 Å². The van der Waals surface area contributed by atoms with Gasteiger partial charge in [-0.15, -0.1) is 0 Å². The predicted octanol–water partition coefficient (Wildman–Crippen LogP) is 4.57. The van der Waals surface area contributed by atoms with E-state index < -0.39 is 22.7 Å². The van der Waals surface area contributed by atoms with Crippen LogP contribution in [0.15, 0.2) is 23.8 Å². The maximum atomic E-state index is 13.3. The second kappa shape index (κ2) is 7.53. The van der Waals surface area contributed by atoms with Gasteiger partial charge in [-0.25, -0.2) is 0 Å². The molecule has 4 rings (SSSR count). The standard InChI is InChI=1S/C27H42O4/c1-17(2)7-6-8-18(3)20-9-10-21-22-15-23(29)27(31)16-19(28)11-12-25(27,5)26(22,30)14-13-24(20,21)4/h6,8,15,17-21,28,30-31H,7,9-14,16H2,1-5H3. The number of hydrogen-bond acceptors (Lipinski definition) is 4. The molecule has 4 heteroatoms. The highest BCUT2D eigenvalue weighted by molar-refractivity contribution is 6.00. The van der Waals surface area contributed by atoms with Crippen LogP contribution in [-0.2, 0) is 4.79 Å². The first-order valence-corrected chi connectivity index (χ1v) is 12.4. The van der Waals surface area contributed by atoms with Crippen molar-refractivity contribution in [3.63, 3.8) is 0 Å². The Bertz CT molecular complexity index is 799. The van der Waals surface area contributed by atoms with Crippen LogP contribution >= 0.6 is 0 Å². The van der Waals surface area contributed by atoms with Crippen LogP contribution in [0.5, 0.6) is 0 Å². The van der Waals surface area contributed by atoms with Gasteiger partial charge < -0.3 is 15.3 Å². The SMILES string of the molecule is CC(C)CC=CC(C)C1CCC2C3=CC(=O)C4(O)CC(O)CCC4(C)C3(O)CCC21C. The summed E-state index contributed by atoms with van der Waals surface area (Å²) in [6, 6.07) is 0. The highest BCUT2D eigenvalue weighted by atomic mass is 16.3. The lowest BCUT2D eigenvalue weighted by Gasteiger charge is -2.63. The van der Waals surface area contributed by atoms with Crippen molar-refractivity contribution in [2.45, 2.75) is 103 Å². The molecule has 3 saturated carbocycles. The summed E-state index contributed by atoms with van der Waals surface area (Å²) in [5, 5.41) is 33.8. The summed E-state index contributed by atoms with van der Waals surface area (Å²) < 4.78 is 0. The molecule has 4 nitrogen and oxygen atoms in total. The molecule has 8 atom stereocenters. The number of ketones is 1. The van der Waals surface area contributed by atoms with Crippen LogP contribution in [0.4, 0.5) is 0 Å². The zero-order valence-electron chi connectivity index (χ0n) is 20.0. The van der Waals surface area contributed by atoms with Crippen molar-refractivity contribution >= 4 is 5.78 Å². The molecular weight excluding hydrogens is 388 g/mol. The molecule has 0 aliphatic heterocycles. The molecule has 0 saturated heterocycles. The van der Waals surface area contributed by atoms with Gasteiger partial charge >= 0.3 is 0 Å². The van der Waals surface area contributed by atoms with Crippen molar-refractivity contribution in [3.05, 3.63) is 23.8 Å². The Balaban J connectivity index is 1.68. The normalized spacial score (nSPS) is 48.4. The summed E-state index contributed by atoms with van der Waals surface area (Å²) in [7, 11) is 0. The second-order valence-corrected chi connectivity index (χ2v) is 12.1. The van der Waals surface area contributed by atoms with Crippen LogP contribution in [0.3, 0.4) is 0 Å². The van der Waals surface area contributed by atoms with Gasteiger partial charge in [0.05, 0.1) is 11.7 Å². The quantitative estimate of drug-likeness (QED) is 0.571. The molecule has 0 aromatic heterocycles. The summed E-state index contributed by atoms with van der Waals surface area (Å²) in [6.07, 6.45) is 11.3. The number of aliphatic hydroxyl groups is 3. The Hall–Kier alpha value is -0.970. The smallest absolute Gasteiger partial charge is 0.188 e. The van der Waals surface area contributed by atoms with E-state index in [1.165, 1.54) is 0 Å². The minimum absolute atomic E-state index is 0.0245. The fourth-order valence-corrected chi connectivity index (χ4v) is 7.91. The Labute approximate surface area is 187 Å². The summed E-state index contributed by atoms with van der Waals surface area (Å²) in [6.45, 7) is 11.0. The van der Waals surface area contributed by atoms with Crippen molar-refractivity contribution in [2.75, 3.05) is 0 Å². The molecule has 8 unspecified atom stereocenters. The third-order valence-corrected chi connectivity index (χ3v) is 10.00. The van der Waals surface area contributed by atoms with Gasteiger partial charge in [-0.1, -0.05) is 46.8 Å². The average molecular weight is 431 g/mol. The van der Waals surface area contributed by atoms with Crippen LogP contribution in [-0.4, -0.2) is 38.4 Å². The minimum atomic E-state index is -1.68. The van der Waals surface area contributed by atoms with E-state index in [2.05, 4.69) is 39.8 Å².